The Labute approximate surface area is 183 Å². The van der Waals surface area contributed by atoms with Crippen LogP contribution in [0, 0.1) is 5.92 Å². The van der Waals surface area contributed by atoms with E-state index in [9.17, 15) is 9.59 Å². The number of hydrogen-bond acceptors (Lipinski definition) is 5. The van der Waals surface area contributed by atoms with Gasteiger partial charge < -0.3 is 25.0 Å². The van der Waals surface area contributed by atoms with E-state index < -0.39 is 6.10 Å². The van der Waals surface area contributed by atoms with Gasteiger partial charge in [-0.15, -0.1) is 0 Å². The topological polar surface area (TPSA) is 79.9 Å². The Bertz CT molecular complexity index is 925. The lowest BCUT2D eigenvalue weighted by atomic mass is 10.2. The number of carbonyl (C=O) groups is 2. The lowest BCUT2D eigenvalue weighted by molar-refractivity contribution is -0.135. The summed E-state index contributed by atoms with van der Waals surface area (Å²) in [4.78, 5) is 25.6. The molecule has 1 aliphatic carbocycles. The summed E-state index contributed by atoms with van der Waals surface area (Å²) in [5, 5.41) is 6.34. The van der Waals surface area contributed by atoms with E-state index in [1.54, 1.807) is 21.0 Å². The maximum atomic E-state index is 12.1. The molecule has 1 saturated carbocycles. The van der Waals surface area contributed by atoms with Crippen LogP contribution in [0.3, 0.4) is 0 Å². The standard InChI is InChI=1S/C24H31N3O4/c1-5-30-22-13-17(9-12-21(22)31-16(2)24(29)27(3)4)15-25-19-7-6-8-20(14-19)26-23(28)18-10-11-18/h6-9,12-14,16,18,25H,5,10-11,15H2,1-4H3,(H,26,28)/t16-/m1/s1. The van der Waals surface area contributed by atoms with Crippen molar-refractivity contribution >= 4 is 23.2 Å². The molecule has 0 bridgehead atoms. The second kappa shape index (κ2) is 10.2. The number of likely N-dealkylation sites (N-methyl/N-ethyl adjacent to an activating group) is 1. The highest BCUT2D eigenvalue weighted by Gasteiger charge is 2.29. The molecule has 31 heavy (non-hydrogen) atoms. The van der Waals surface area contributed by atoms with Gasteiger partial charge in [-0.1, -0.05) is 12.1 Å². The molecule has 0 saturated heterocycles. The van der Waals surface area contributed by atoms with Gasteiger partial charge in [0.15, 0.2) is 17.6 Å². The maximum Gasteiger partial charge on any atom is 0.262 e. The third-order valence-electron chi connectivity index (χ3n) is 4.98. The fraction of sp³-hybridized carbons (Fsp3) is 0.417. The molecule has 0 heterocycles. The average Bonchev–Trinajstić information content (AvgIpc) is 3.59. The zero-order chi connectivity index (χ0) is 22.4. The molecule has 7 nitrogen and oxygen atoms in total. The van der Waals surface area contributed by atoms with Crippen LogP contribution < -0.4 is 20.1 Å². The summed E-state index contributed by atoms with van der Waals surface area (Å²) in [6.07, 6.45) is 1.35. The van der Waals surface area contributed by atoms with Crippen LogP contribution in [0.4, 0.5) is 11.4 Å². The van der Waals surface area contributed by atoms with E-state index in [1.165, 1.54) is 4.90 Å². The Balaban J connectivity index is 1.64. The Morgan fingerprint density at radius 2 is 1.84 bits per heavy atom. The first-order valence-corrected chi connectivity index (χ1v) is 10.7. The smallest absolute Gasteiger partial charge is 0.262 e. The van der Waals surface area contributed by atoms with Crippen LogP contribution in [0.2, 0.25) is 0 Å². The molecule has 1 fully saturated rings. The predicted molar refractivity (Wildman–Crippen MR) is 122 cm³/mol. The van der Waals surface area contributed by atoms with Crippen LogP contribution >= 0.6 is 0 Å². The average molecular weight is 426 g/mol. The van der Waals surface area contributed by atoms with Crippen LogP contribution in [0.5, 0.6) is 11.5 Å². The summed E-state index contributed by atoms with van der Waals surface area (Å²) in [5.74, 6) is 1.30. The summed E-state index contributed by atoms with van der Waals surface area (Å²) < 4.78 is 11.6. The highest BCUT2D eigenvalue weighted by atomic mass is 16.5. The largest absolute Gasteiger partial charge is 0.490 e. The Kier molecular flexibility index (Phi) is 7.39. The first-order valence-electron chi connectivity index (χ1n) is 10.7. The van der Waals surface area contributed by atoms with Crippen molar-refractivity contribution in [1.82, 2.24) is 4.90 Å². The molecule has 0 spiro atoms. The molecule has 1 atom stereocenters. The van der Waals surface area contributed by atoms with Crippen molar-refractivity contribution in [2.75, 3.05) is 31.3 Å². The monoisotopic (exact) mass is 425 g/mol. The van der Waals surface area contributed by atoms with Gasteiger partial charge in [0.25, 0.3) is 5.91 Å². The number of amides is 2. The highest BCUT2D eigenvalue weighted by molar-refractivity contribution is 5.94. The molecule has 0 aliphatic heterocycles. The van der Waals surface area contributed by atoms with Crippen LogP contribution in [0.15, 0.2) is 42.5 Å². The van der Waals surface area contributed by atoms with E-state index in [-0.39, 0.29) is 17.7 Å². The minimum atomic E-state index is -0.605. The van der Waals surface area contributed by atoms with Crippen molar-refractivity contribution < 1.29 is 19.1 Å². The zero-order valence-electron chi connectivity index (χ0n) is 18.6. The van der Waals surface area contributed by atoms with Crippen molar-refractivity contribution in [3.63, 3.8) is 0 Å². The van der Waals surface area contributed by atoms with Gasteiger partial charge in [-0.3, -0.25) is 9.59 Å². The fourth-order valence-electron chi connectivity index (χ4n) is 3.13. The molecule has 2 amide bonds. The van der Waals surface area contributed by atoms with Crippen LogP contribution in [0.1, 0.15) is 32.3 Å². The number of nitrogens with zero attached hydrogens (tertiary/aromatic N) is 1. The number of anilines is 2. The number of nitrogens with one attached hydrogen (secondary N) is 2. The van der Waals surface area contributed by atoms with Gasteiger partial charge in [0, 0.05) is 37.9 Å². The summed E-state index contributed by atoms with van der Waals surface area (Å²) in [5.41, 5.74) is 2.71. The van der Waals surface area contributed by atoms with Crippen molar-refractivity contribution in [2.45, 2.75) is 39.3 Å². The van der Waals surface area contributed by atoms with Gasteiger partial charge in [0.2, 0.25) is 5.91 Å². The second-order valence-corrected chi connectivity index (χ2v) is 7.90. The minimum Gasteiger partial charge on any atom is -0.490 e. The molecule has 2 aromatic carbocycles. The molecular formula is C24H31N3O4. The normalized spacial score (nSPS) is 13.8. The van der Waals surface area contributed by atoms with Crippen LogP contribution in [-0.4, -0.2) is 43.5 Å². The van der Waals surface area contributed by atoms with E-state index in [1.807, 2.05) is 49.4 Å². The van der Waals surface area contributed by atoms with Crippen LogP contribution in [-0.2, 0) is 16.1 Å². The number of benzene rings is 2. The Morgan fingerprint density at radius 3 is 2.52 bits per heavy atom. The van der Waals surface area contributed by atoms with Crippen molar-refractivity contribution in [1.29, 1.82) is 0 Å². The molecule has 3 rings (SSSR count). The SMILES string of the molecule is CCOc1cc(CNc2cccc(NC(=O)C3CC3)c2)ccc1O[C@H](C)C(=O)N(C)C. The third-order valence-corrected chi connectivity index (χ3v) is 4.98. The van der Waals surface area contributed by atoms with E-state index >= 15 is 0 Å². The number of ether oxygens (including phenoxy) is 2. The van der Waals surface area contributed by atoms with E-state index in [0.717, 1.165) is 29.8 Å². The number of rotatable bonds is 10. The third kappa shape index (κ3) is 6.38. The van der Waals surface area contributed by atoms with Gasteiger partial charge in [-0.2, -0.15) is 0 Å². The maximum absolute atomic E-state index is 12.1. The van der Waals surface area contributed by atoms with Crippen LogP contribution in [0.25, 0.3) is 0 Å². The van der Waals surface area contributed by atoms with Crippen molar-refractivity contribution in [2.24, 2.45) is 5.92 Å². The van der Waals surface area contributed by atoms with Crippen molar-refractivity contribution in [3.8, 4) is 11.5 Å². The highest BCUT2D eigenvalue weighted by Crippen LogP contribution is 2.31. The summed E-state index contributed by atoms with van der Waals surface area (Å²) in [6, 6.07) is 13.4. The van der Waals surface area contributed by atoms with Gasteiger partial charge in [0.05, 0.1) is 6.61 Å². The second-order valence-electron chi connectivity index (χ2n) is 7.90. The van der Waals surface area contributed by atoms with Gasteiger partial charge in [0.1, 0.15) is 0 Å². The predicted octanol–water partition coefficient (Wildman–Crippen LogP) is 3.90. The molecule has 166 valence electrons. The lowest BCUT2D eigenvalue weighted by Crippen LogP contribution is -2.35. The van der Waals surface area contributed by atoms with Gasteiger partial charge in [-0.05, 0) is 62.6 Å². The molecule has 0 unspecified atom stereocenters. The Hall–Kier alpha value is -3.22. The molecule has 0 radical (unpaired) electrons. The summed E-state index contributed by atoms with van der Waals surface area (Å²) in [7, 11) is 3.40. The van der Waals surface area contributed by atoms with Gasteiger partial charge in [-0.25, -0.2) is 0 Å². The fourth-order valence-corrected chi connectivity index (χ4v) is 3.13. The molecule has 2 N–H and O–H groups in total. The number of hydrogen-bond donors (Lipinski definition) is 2. The summed E-state index contributed by atoms with van der Waals surface area (Å²) >= 11 is 0. The quantitative estimate of drug-likeness (QED) is 0.604. The first-order chi connectivity index (χ1) is 14.9. The molecule has 7 heteroatoms. The molecule has 2 aromatic rings. The lowest BCUT2D eigenvalue weighted by Gasteiger charge is -2.20. The Morgan fingerprint density at radius 1 is 1.10 bits per heavy atom. The molecule has 1 aliphatic rings. The van der Waals surface area contributed by atoms with Gasteiger partial charge >= 0.3 is 0 Å². The van der Waals surface area contributed by atoms with E-state index in [4.69, 9.17) is 9.47 Å². The zero-order valence-corrected chi connectivity index (χ0v) is 18.6. The summed E-state index contributed by atoms with van der Waals surface area (Å²) in [6.45, 7) is 4.70. The minimum absolute atomic E-state index is 0.0936. The van der Waals surface area contributed by atoms with E-state index in [2.05, 4.69) is 10.6 Å². The van der Waals surface area contributed by atoms with Crippen molar-refractivity contribution in [3.05, 3.63) is 48.0 Å². The molecular weight excluding hydrogens is 394 g/mol. The molecule has 0 aromatic heterocycles. The van der Waals surface area contributed by atoms with E-state index in [0.29, 0.717) is 24.7 Å². The number of carbonyl (C=O) groups excluding carboxylic acids is 2. The first kappa shape index (κ1) is 22.5.